The highest BCUT2D eigenvalue weighted by Gasteiger charge is 2.72. The van der Waals surface area contributed by atoms with Gasteiger partial charge in [0.15, 0.2) is 0 Å². The van der Waals surface area contributed by atoms with E-state index in [1.165, 1.54) is 0 Å². The van der Waals surface area contributed by atoms with Crippen LogP contribution in [0.3, 0.4) is 0 Å². The first-order valence-corrected chi connectivity index (χ1v) is 8.03. The SMILES string of the molecule is CCOC1CC(NC(=O)C2C(C)(C)C2(C)C)(C(=O)O)C1(C)C. The molecule has 0 heterocycles. The molecule has 2 N–H and O–H groups in total. The molecule has 2 aliphatic rings. The number of carbonyl (C=O) groups excluding carboxylic acids is 1. The number of amides is 1. The van der Waals surface area contributed by atoms with Crippen molar-refractivity contribution in [3.63, 3.8) is 0 Å². The van der Waals surface area contributed by atoms with E-state index in [-0.39, 0.29) is 28.8 Å². The molecule has 0 aromatic carbocycles. The molecule has 2 aliphatic carbocycles. The van der Waals surface area contributed by atoms with Crippen LogP contribution in [0.25, 0.3) is 0 Å². The van der Waals surface area contributed by atoms with Gasteiger partial charge in [-0.2, -0.15) is 0 Å². The van der Waals surface area contributed by atoms with E-state index in [2.05, 4.69) is 33.0 Å². The van der Waals surface area contributed by atoms with Crippen LogP contribution in [0.4, 0.5) is 0 Å². The third-order valence-corrected chi connectivity index (χ3v) is 6.75. The lowest BCUT2D eigenvalue weighted by atomic mass is 9.54. The van der Waals surface area contributed by atoms with Crippen molar-refractivity contribution >= 4 is 11.9 Å². The number of ether oxygens (including phenoxy) is 1. The highest BCUT2D eigenvalue weighted by molar-refractivity contribution is 5.92. The van der Waals surface area contributed by atoms with Crippen molar-refractivity contribution in [2.75, 3.05) is 6.61 Å². The molecule has 0 aromatic rings. The van der Waals surface area contributed by atoms with E-state index in [1.807, 2.05) is 20.8 Å². The molecule has 2 fully saturated rings. The maximum absolute atomic E-state index is 12.7. The van der Waals surface area contributed by atoms with Gasteiger partial charge < -0.3 is 15.2 Å². The van der Waals surface area contributed by atoms with Crippen LogP contribution < -0.4 is 5.32 Å². The Bertz CT molecular complexity index is 495. The van der Waals surface area contributed by atoms with E-state index in [1.54, 1.807) is 0 Å². The number of nitrogens with one attached hydrogen (secondary N) is 1. The van der Waals surface area contributed by atoms with Gasteiger partial charge in [-0.25, -0.2) is 4.79 Å². The van der Waals surface area contributed by atoms with Gasteiger partial charge in [0.2, 0.25) is 5.91 Å². The van der Waals surface area contributed by atoms with Crippen LogP contribution in [-0.4, -0.2) is 35.2 Å². The molecule has 5 heteroatoms. The first-order valence-electron chi connectivity index (χ1n) is 8.03. The largest absolute Gasteiger partial charge is 0.479 e. The van der Waals surface area contributed by atoms with Gasteiger partial charge in [-0.15, -0.1) is 0 Å². The number of carboxylic acid groups (broad SMARTS) is 1. The van der Waals surface area contributed by atoms with E-state index in [0.717, 1.165) is 0 Å². The topological polar surface area (TPSA) is 75.6 Å². The Hall–Kier alpha value is -1.10. The fourth-order valence-electron chi connectivity index (χ4n) is 4.17. The minimum atomic E-state index is -1.24. The summed E-state index contributed by atoms with van der Waals surface area (Å²) >= 11 is 0. The summed E-state index contributed by atoms with van der Waals surface area (Å²) in [6.45, 7) is 14.4. The van der Waals surface area contributed by atoms with Gasteiger partial charge in [-0.3, -0.25) is 4.79 Å². The summed E-state index contributed by atoms with van der Waals surface area (Å²) < 4.78 is 5.62. The van der Waals surface area contributed by atoms with Crippen LogP contribution in [0.5, 0.6) is 0 Å². The average molecular weight is 311 g/mol. The Morgan fingerprint density at radius 1 is 1.09 bits per heavy atom. The second kappa shape index (κ2) is 4.70. The third kappa shape index (κ3) is 1.94. The minimum Gasteiger partial charge on any atom is -0.479 e. The number of rotatable bonds is 5. The third-order valence-electron chi connectivity index (χ3n) is 6.75. The van der Waals surface area contributed by atoms with E-state index in [9.17, 15) is 14.7 Å². The molecule has 0 spiro atoms. The molecule has 0 radical (unpaired) electrons. The Kier molecular flexibility index (Phi) is 3.68. The van der Waals surface area contributed by atoms with Gasteiger partial charge in [0.05, 0.1) is 6.10 Å². The molecule has 0 bridgehead atoms. The van der Waals surface area contributed by atoms with Gasteiger partial charge in [-0.05, 0) is 17.8 Å². The zero-order valence-electron chi connectivity index (χ0n) is 14.7. The van der Waals surface area contributed by atoms with Crippen LogP contribution in [0.2, 0.25) is 0 Å². The maximum Gasteiger partial charge on any atom is 0.330 e. The summed E-state index contributed by atoms with van der Waals surface area (Å²) in [5.41, 5.74) is -2.08. The van der Waals surface area contributed by atoms with Crippen molar-refractivity contribution < 1.29 is 19.4 Å². The normalized spacial score (nSPS) is 34.6. The predicted octanol–water partition coefficient (Wildman–Crippen LogP) is 2.44. The van der Waals surface area contributed by atoms with Crippen LogP contribution in [-0.2, 0) is 14.3 Å². The summed E-state index contributed by atoms with van der Waals surface area (Å²) in [5, 5.41) is 12.6. The first-order chi connectivity index (χ1) is 9.86. The minimum absolute atomic E-state index is 0.107. The molecule has 22 heavy (non-hydrogen) atoms. The van der Waals surface area contributed by atoms with Crippen molar-refractivity contribution in [2.45, 2.75) is 66.5 Å². The molecular formula is C17H29NO4. The second-order valence-corrected chi connectivity index (χ2v) is 8.45. The summed E-state index contributed by atoms with van der Waals surface area (Å²) in [6, 6.07) is 0. The van der Waals surface area contributed by atoms with E-state index in [0.29, 0.717) is 13.0 Å². The number of aliphatic carboxylic acids is 1. The number of hydrogen-bond donors (Lipinski definition) is 2. The fourth-order valence-corrected chi connectivity index (χ4v) is 4.17. The van der Waals surface area contributed by atoms with E-state index in [4.69, 9.17) is 4.74 Å². The summed E-state index contributed by atoms with van der Waals surface area (Å²) in [4.78, 5) is 24.6. The Labute approximate surface area is 132 Å². The van der Waals surface area contributed by atoms with Crippen molar-refractivity contribution in [1.82, 2.24) is 5.32 Å². The molecular weight excluding hydrogens is 282 g/mol. The van der Waals surface area contributed by atoms with Crippen LogP contribution in [0, 0.1) is 22.2 Å². The smallest absolute Gasteiger partial charge is 0.330 e. The fraction of sp³-hybridized carbons (Fsp3) is 0.882. The molecule has 0 saturated heterocycles. The maximum atomic E-state index is 12.7. The van der Waals surface area contributed by atoms with Gasteiger partial charge in [0.1, 0.15) is 5.54 Å². The zero-order valence-corrected chi connectivity index (χ0v) is 14.7. The highest BCUT2D eigenvalue weighted by atomic mass is 16.5. The number of hydrogen-bond acceptors (Lipinski definition) is 3. The second-order valence-electron chi connectivity index (χ2n) is 8.45. The number of carboxylic acids is 1. The molecule has 5 nitrogen and oxygen atoms in total. The lowest BCUT2D eigenvalue weighted by Crippen LogP contribution is -2.76. The lowest BCUT2D eigenvalue weighted by molar-refractivity contribution is -0.195. The highest BCUT2D eigenvalue weighted by Crippen LogP contribution is 2.68. The van der Waals surface area contributed by atoms with Gasteiger partial charge in [0.25, 0.3) is 0 Å². The summed E-state index contributed by atoms with van der Waals surface area (Å²) in [6.07, 6.45) is 0.178. The Balaban J connectivity index is 2.19. The molecule has 2 atom stereocenters. The molecule has 2 rings (SSSR count). The van der Waals surface area contributed by atoms with E-state index < -0.39 is 16.9 Å². The number of carbonyl (C=O) groups is 2. The van der Waals surface area contributed by atoms with Crippen molar-refractivity contribution in [1.29, 1.82) is 0 Å². The predicted molar refractivity (Wildman–Crippen MR) is 83.4 cm³/mol. The molecule has 126 valence electrons. The standard InChI is InChI=1S/C17H29NO4/c1-8-22-10-9-17(13(20)21,14(10,2)3)18-12(19)11-15(4,5)16(11,6)7/h10-11H,8-9H2,1-7H3,(H,18,19)(H,20,21). The first kappa shape index (κ1) is 17.3. The quantitative estimate of drug-likeness (QED) is 0.817. The zero-order chi connectivity index (χ0) is 17.1. The van der Waals surface area contributed by atoms with Crippen molar-refractivity contribution in [3.8, 4) is 0 Å². The van der Waals surface area contributed by atoms with Gasteiger partial charge >= 0.3 is 5.97 Å². The van der Waals surface area contributed by atoms with Crippen molar-refractivity contribution in [2.24, 2.45) is 22.2 Å². The Morgan fingerprint density at radius 2 is 1.59 bits per heavy atom. The monoisotopic (exact) mass is 311 g/mol. The van der Waals surface area contributed by atoms with Crippen molar-refractivity contribution in [3.05, 3.63) is 0 Å². The van der Waals surface area contributed by atoms with E-state index >= 15 is 0 Å². The average Bonchev–Trinajstić information content (AvgIpc) is 2.77. The van der Waals surface area contributed by atoms with Crippen LogP contribution in [0.15, 0.2) is 0 Å². The molecule has 2 saturated carbocycles. The summed E-state index contributed by atoms with van der Waals surface area (Å²) in [7, 11) is 0. The molecule has 1 amide bonds. The van der Waals surface area contributed by atoms with Gasteiger partial charge in [0, 0.05) is 24.4 Å². The lowest BCUT2D eigenvalue weighted by Gasteiger charge is -2.58. The van der Waals surface area contributed by atoms with Gasteiger partial charge in [-0.1, -0.05) is 41.5 Å². The van der Waals surface area contributed by atoms with Crippen LogP contribution in [0.1, 0.15) is 54.9 Å². The molecule has 0 aliphatic heterocycles. The Morgan fingerprint density at radius 3 is 1.91 bits per heavy atom. The molecule has 0 aromatic heterocycles. The van der Waals surface area contributed by atoms with Crippen LogP contribution >= 0.6 is 0 Å². The molecule has 2 unspecified atom stereocenters. The summed E-state index contributed by atoms with van der Waals surface area (Å²) in [5.74, 6) is -1.28.